The summed E-state index contributed by atoms with van der Waals surface area (Å²) in [6.45, 7) is 3.36. The van der Waals surface area contributed by atoms with Crippen molar-refractivity contribution in [3.05, 3.63) is 0 Å². The fraction of sp³-hybridized carbons (Fsp3) is 0.917. The van der Waals surface area contributed by atoms with Gasteiger partial charge < -0.3 is 15.4 Å². The molecule has 4 heteroatoms. The third-order valence-electron chi connectivity index (χ3n) is 3.34. The van der Waals surface area contributed by atoms with Crippen molar-refractivity contribution in [1.82, 2.24) is 4.90 Å². The summed E-state index contributed by atoms with van der Waals surface area (Å²) in [5.74, 6) is 0.943. The Balaban J connectivity index is 1.55. The average molecular weight is 226 g/mol. The van der Waals surface area contributed by atoms with E-state index >= 15 is 0 Å². The van der Waals surface area contributed by atoms with E-state index in [1.807, 2.05) is 4.90 Å². The second-order valence-corrected chi connectivity index (χ2v) is 4.95. The topological polar surface area (TPSA) is 55.6 Å². The lowest BCUT2D eigenvalue weighted by molar-refractivity contribution is -0.135. The molecule has 1 saturated carbocycles. The third-order valence-corrected chi connectivity index (χ3v) is 3.34. The van der Waals surface area contributed by atoms with Gasteiger partial charge >= 0.3 is 0 Å². The van der Waals surface area contributed by atoms with E-state index in [1.165, 1.54) is 12.8 Å². The Bertz CT molecular complexity index is 241. The molecule has 1 amide bonds. The summed E-state index contributed by atoms with van der Waals surface area (Å²) in [7, 11) is 0. The molecule has 0 spiro atoms. The van der Waals surface area contributed by atoms with Crippen LogP contribution in [-0.4, -0.2) is 43.2 Å². The summed E-state index contributed by atoms with van der Waals surface area (Å²) in [6, 6.07) is -0.263. The number of carbonyl (C=O) groups is 1. The molecule has 2 fully saturated rings. The second-order valence-electron chi connectivity index (χ2n) is 4.95. The number of nitrogens with two attached hydrogens (primary N) is 1. The number of likely N-dealkylation sites (tertiary alicyclic amines) is 1. The van der Waals surface area contributed by atoms with E-state index in [4.69, 9.17) is 10.5 Å². The maximum atomic E-state index is 11.7. The molecule has 1 aliphatic carbocycles. The van der Waals surface area contributed by atoms with Gasteiger partial charge in [0.25, 0.3) is 0 Å². The van der Waals surface area contributed by atoms with E-state index in [2.05, 4.69) is 0 Å². The largest absolute Gasteiger partial charge is 0.381 e. The van der Waals surface area contributed by atoms with Crippen LogP contribution in [0.3, 0.4) is 0 Å². The van der Waals surface area contributed by atoms with Crippen LogP contribution >= 0.6 is 0 Å². The summed E-state index contributed by atoms with van der Waals surface area (Å²) in [5, 5.41) is 0. The van der Waals surface area contributed by atoms with Crippen molar-refractivity contribution >= 4 is 5.91 Å². The molecule has 0 bridgehead atoms. The van der Waals surface area contributed by atoms with Crippen LogP contribution in [0, 0.1) is 5.92 Å². The minimum Gasteiger partial charge on any atom is -0.381 e. The standard InChI is InChI=1S/C12H22N2O2/c13-11-3-1-6-14(12(11)15)7-2-8-16-9-10-4-5-10/h10-11H,1-9,13H2. The van der Waals surface area contributed by atoms with E-state index in [0.717, 1.165) is 51.5 Å². The smallest absolute Gasteiger partial charge is 0.239 e. The van der Waals surface area contributed by atoms with E-state index in [9.17, 15) is 4.79 Å². The van der Waals surface area contributed by atoms with Gasteiger partial charge in [0.2, 0.25) is 5.91 Å². The molecule has 2 rings (SSSR count). The lowest BCUT2D eigenvalue weighted by Crippen LogP contribution is -2.48. The molecular formula is C12H22N2O2. The highest BCUT2D eigenvalue weighted by Crippen LogP contribution is 2.28. The van der Waals surface area contributed by atoms with Crippen LogP contribution < -0.4 is 5.73 Å². The predicted molar refractivity (Wildman–Crippen MR) is 61.9 cm³/mol. The molecule has 1 heterocycles. The highest BCUT2D eigenvalue weighted by molar-refractivity contribution is 5.82. The van der Waals surface area contributed by atoms with Crippen LogP contribution in [0.1, 0.15) is 32.1 Å². The summed E-state index contributed by atoms with van der Waals surface area (Å²) >= 11 is 0. The van der Waals surface area contributed by atoms with Crippen LogP contribution in [0.15, 0.2) is 0 Å². The monoisotopic (exact) mass is 226 g/mol. The molecule has 1 unspecified atom stereocenters. The Morgan fingerprint density at radius 2 is 2.19 bits per heavy atom. The number of nitrogens with zero attached hydrogens (tertiary/aromatic N) is 1. The van der Waals surface area contributed by atoms with Gasteiger partial charge in [-0.3, -0.25) is 4.79 Å². The van der Waals surface area contributed by atoms with Crippen molar-refractivity contribution in [2.45, 2.75) is 38.1 Å². The van der Waals surface area contributed by atoms with Crippen molar-refractivity contribution < 1.29 is 9.53 Å². The van der Waals surface area contributed by atoms with Crippen LogP contribution in [0.25, 0.3) is 0 Å². The summed E-state index contributed by atoms with van der Waals surface area (Å²) < 4.78 is 5.54. The Kier molecular flexibility index (Phi) is 4.18. The molecule has 2 N–H and O–H groups in total. The molecule has 16 heavy (non-hydrogen) atoms. The highest BCUT2D eigenvalue weighted by Gasteiger charge is 2.25. The maximum Gasteiger partial charge on any atom is 0.239 e. The first-order valence-electron chi connectivity index (χ1n) is 6.39. The Morgan fingerprint density at radius 1 is 1.38 bits per heavy atom. The average Bonchev–Trinajstić information content (AvgIpc) is 3.07. The van der Waals surface area contributed by atoms with E-state index in [1.54, 1.807) is 0 Å². The van der Waals surface area contributed by atoms with E-state index < -0.39 is 0 Å². The number of hydrogen-bond donors (Lipinski definition) is 1. The van der Waals surface area contributed by atoms with Gasteiger partial charge in [0.1, 0.15) is 0 Å². The number of carbonyl (C=O) groups excluding carboxylic acids is 1. The fourth-order valence-corrected chi connectivity index (χ4v) is 2.08. The van der Waals surface area contributed by atoms with Gasteiger partial charge in [-0.15, -0.1) is 0 Å². The Morgan fingerprint density at radius 3 is 2.94 bits per heavy atom. The second kappa shape index (κ2) is 5.64. The number of piperidine rings is 1. The third kappa shape index (κ3) is 3.46. The van der Waals surface area contributed by atoms with Gasteiger partial charge in [-0.1, -0.05) is 0 Å². The van der Waals surface area contributed by atoms with Gasteiger partial charge in [-0.25, -0.2) is 0 Å². The summed E-state index contributed by atoms with van der Waals surface area (Å²) in [5.41, 5.74) is 5.72. The molecule has 0 aromatic rings. The van der Waals surface area contributed by atoms with Crippen molar-refractivity contribution in [3.8, 4) is 0 Å². The zero-order valence-electron chi connectivity index (χ0n) is 9.86. The van der Waals surface area contributed by atoms with Crippen molar-refractivity contribution in [2.24, 2.45) is 11.7 Å². The molecule has 0 radical (unpaired) electrons. The maximum absolute atomic E-state index is 11.7. The number of amides is 1. The van der Waals surface area contributed by atoms with Crippen LogP contribution in [0.2, 0.25) is 0 Å². The minimum atomic E-state index is -0.263. The van der Waals surface area contributed by atoms with Gasteiger partial charge in [0.15, 0.2) is 0 Å². The van der Waals surface area contributed by atoms with Crippen LogP contribution in [0.4, 0.5) is 0 Å². The van der Waals surface area contributed by atoms with Gasteiger partial charge in [0, 0.05) is 26.3 Å². The SMILES string of the molecule is NC1CCCN(CCCOCC2CC2)C1=O. The summed E-state index contributed by atoms with van der Waals surface area (Å²) in [4.78, 5) is 13.6. The molecule has 1 saturated heterocycles. The first kappa shape index (κ1) is 11.9. The predicted octanol–water partition coefficient (Wildman–Crippen LogP) is 0.753. The minimum absolute atomic E-state index is 0.119. The number of hydrogen-bond acceptors (Lipinski definition) is 3. The van der Waals surface area contributed by atoms with Crippen molar-refractivity contribution in [3.63, 3.8) is 0 Å². The Hall–Kier alpha value is -0.610. The van der Waals surface area contributed by atoms with Gasteiger partial charge in [-0.2, -0.15) is 0 Å². The van der Waals surface area contributed by atoms with Crippen molar-refractivity contribution in [1.29, 1.82) is 0 Å². The molecule has 92 valence electrons. The Labute approximate surface area is 97.1 Å². The van der Waals surface area contributed by atoms with Gasteiger partial charge in [-0.05, 0) is 38.0 Å². The highest BCUT2D eigenvalue weighted by atomic mass is 16.5. The molecule has 2 aliphatic rings. The van der Waals surface area contributed by atoms with E-state index in [0.29, 0.717) is 0 Å². The molecule has 1 aliphatic heterocycles. The first-order valence-corrected chi connectivity index (χ1v) is 6.39. The molecule has 0 aromatic carbocycles. The van der Waals surface area contributed by atoms with Crippen molar-refractivity contribution in [2.75, 3.05) is 26.3 Å². The zero-order valence-corrected chi connectivity index (χ0v) is 9.86. The first-order chi connectivity index (χ1) is 7.77. The molecule has 1 atom stereocenters. The number of rotatable bonds is 6. The number of ether oxygens (including phenoxy) is 1. The lowest BCUT2D eigenvalue weighted by atomic mass is 10.1. The van der Waals surface area contributed by atoms with Gasteiger partial charge in [0.05, 0.1) is 6.04 Å². The summed E-state index contributed by atoms with van der Waals surface area (Å²) in [6.07, 6.45) is 5.48. The molecule has 0 aromatic heterocycles. The normalized spacial score (nSPS) is 26.2. The molecular weight excluding hydrogens is 204 g/mol. The quantitative estimate of drug-likeness (QED) is 0.680. The van der Waals surface area contributed by atoms with Crippen LogP contribution in [0.5, 0.6) is 0 Å². The molecule has 4 nitrogen and oxygen atoms in total. The zero-order chi connectivity index (χ0) is 11.4. The van der Waals surface area contributed by atoms with E-state index in [-0.39, 0.29) is 11.9 Å². The van der Waals surface area contributed by atoms with Crippen LogP contribution in [-0.2, 0) is 9.53 Å². The fourth-order valence-electron chi connectivity index (χ4n) is 2.08. The lowest BCUT2D eigenvalue weighted by Gasteiger charge is -2.30.